The molecule has 1 atom stereocenters. The molecular formula is C22H25Cl3N2O3. The zero-order chi connectivity index (χ0) is 22.1. The van der Waals surface area contributed by atoms with Crippen molar-refractivity contribution < 1.29 is 14.3 Å². The van der Waals surface area contributed by atoms with E-state index < -0.39 is 6.04 Å². The lowest BCUT2D eigenvalue weighted by atomic mass is 10.1. The largest absolute Gasteiger partial charge is 0.484 e. The monoisotopic (exact) mass is 470 g/mol. The van der Waals surface area contributed by atoms with Gasteiger partial charge in [0.05, 0.1) is 0 Å². The maximum absolute atomic E-state index is 13.1. The van der Waals surface area contributed by atoms with Crippen molar-refractivity contribution in [2.75, 3.05) is 13.2 Å². The lowest BCUT2D eigenvalue weighted by molar-refractivity contribution is -0.143. The van der Waals surface area contributed by atoms with Gasteiger partial charge in [-0.2, -0.15) is 0 Å². The Morgan fingerprint density at radius 3 is 2.33 bits per heavy atom. The molecule has 0 saturated carbocycles. The summed E-state index contributed by atoms with van der Waals surface area (Å²) in [5.41, 5.74) is 0.582. The van der Waals surface area contributed by atoms with E-state index in [1.54, 1.807) is 42.5 Å². The predicted octanol–water partition coefficient (Wildman–Crippen LogP) is 5.36. The molecule has 2 aromatic carbocycles. The van der Waals surface area contributed by atoms with E-state index in [0.29, 0.717) is 39.3 Å². The lowest BCUT2D eigenvalue weighted by Crippen LogP contribution is -2.50. The van der Waals surface area contributed by atoms with Gasteiger partial charge in [0.25, 0.3) is 5.91 Å². The van der Waals surface area contributed by atoms with Crippen LogP contribution >= 0.6 is 34.8 Å². The second-order valence-corrected chi connectivity index (χ2v) is 7.93. The number of nitrogens with one attached hydrogen (secondary N) is 1. The summed E-state index contributed by atoms with van der Waals surface area (Å²) in [6, 6.07) is 11.2. The minimum absolute atomic E-state index is 0.0916. The van der Waals surface area contributed by atoms with E-state index in [-0.39, 0.29) is 25.0 Å². The molecule has 0 fully saturated rings. The molecule has 0 aliphatic carbocycles. The van der Waals surface area contributed by atoms with Crippen molar-refractivity contribution in [3.05, 3.63) is 63.1 Å². The topological polar surface area (TPSA) is 58.6 Å². The molecule has 0 saturated heterocycles. The van der Waals surface area contributed by atoms with Crippen molar-refractivity contribution in [2.45, 2.75) is 39.3 Å². The first-order valence-electron chi connectivity index (χ1n) is 9.75. The number of amides is 2. The van der Waals surface area contributed by atoms with E-state index in [2.05, 4.69) is 5.32 Å². The third-order valence-electron chi connectivity index (χ3n) is 4.48. The Morgan fingerprint density at radius 2 is 1.73 bits per heavy atom. The van der Waals surface area contributed by atoms with Crippen LogP contribution in [0.1, 0.15) is 32.3 Å². The number of ether oxygens (including phenoxy) is 1. The van der Waals surface area contributed by atoms with Crippen LogP contribution in [0.3, 0.4) is 0 Å². The molecule has 0 bridgehead atoms. The van der Waals surface area contributed by atoms with Gasteiger partial charge < -0.3 is 15.0 Å². The van der Waals surface area contributed by atoms with E-state index in [1.165, 1.54) is 4.90 Å². The smallest absolute Gasteiger partial charge is 0.261 e. The fourth-order valence-corrected chi connectivity index (χ4v) is 3.62. The molecule has 0 aromatic heterocycles. The highest BCUT2D eigenvalue weighted by Gasteiger charge is 2.29. The van der Waals surface area contributed by atoms with E-state index in [0.717, 1.165) is 6.42 Å². The minimum atomic E-state index is -0.681. The zero-order valence-electron chi connectivity index (χ0n) is 17.0. The fourth-order valence-electron chi connectivity index (χ4n) is 2.92. The molecule has 1 N–H and O–H groups in total. The maximum atomic E-state index is 13.1. The Morgan fingerprint density at radius 1 is 1.07 bits per heavy atom. The van der Waals surface area contributed by atoms with Gasteiger partial charge in [-0.1, -0.05) is 60.8 Å². The maximum Gasteiger partial charge on any atom is 0.261 e. The molecule has 0 heterocycles. The van der Waals surface area contributed by atoms with E-state index in [9.17, 15) is 9.59 Å². The number of rotatable bonds is 10. The van der Waals surface area contributed by atoms with Crippen LogP contribution in [0, 0.1) is 0 Å². The van der Waals surface area contributed by atoms with Crippen molar-refractivity contribution in [3.8, 4) is 5.75 Å². The second kappa shape index (κ2) is 12.0. The van der Waals surface area contributed by atoms with Crippen LogP contribution in [-0.2, 0) is 16.1 Å². The average Bonchev–Trinajstić information content (AvgIpc) is 2.72. The summed E-state index contributed by atoms with van der Waals surface area (Å²) in [5, 5.41) is 4.22. The minimum Gasteiger partial charge on any atom is -0.484 e. The molecule has 2 rings (SSSR count). The predicted molar refractivity (Wildman–Crippen MR) is 121 cm³/mol. The van der Waals surface area contributed by atoms with Crippen LogP contribution in [0.5, 0.6) is 5.75 Å². The number of hydrogen-bond donors (Lipinski definition) is 1. The highest BCUT2D eigenvalue weighted by molar-refractivity contribution is 6.36. The quantitative estimate of drug-likeness (QED) is 0.507. The molecular weight excluding hydrogens is 447 g/mol. The van der Waals surface area contributed by atoms with Gasteiger partial charge in [0.2, 0.25) is 5.91 Å². The van der Waals surface area contributed by atoms with Gasteiger partial charge in [-0.3, -0.25) is 9.59 Å². The van der Waals surface area contributed by atoms with Crippen LogP contribution in [0.25, 0.3) is 0 Å². The van der Waals surface area contributed by atoms with E-state index in [4.69, 9.17) is 39.5 Å². The molecule has 30 heavy (non-hydrogen) atoms. The third-order valence-corrected chi connectivity index (χ3v) is 5.43. The summed E-state index contributed by atoms with van der Waals surface area (Å²) in [4.78, 5) is 27.3. The SMILES string of the molecule is CCCNC(=O)C(CC)N(Cc1c(Cl)cccc1Cl)C(=O)COc1cccc(Cl)c1. The van der Waals surface area contributed by atoms with Crippen molar-refractivity contribution in [1.82, 2.24) is 10.2 Å². The van der Waals surface area contributed by atoms with Crippen molar-refractivity contribution in [1.29, 1.82) is 0 Å². The third kappa shape index (κ3) is 6.79. The number of hydrogen-bond acceptors (Lipinski definition) is 3. The highest BCUT2D eigenvalue weighted by atomic mass is 35.5. The summed E-state index contributed by atoms with van der Waals surface area (Å²) in [6.07, 6.45) is 1.23. The van der Waals surface area contributed by atoms with E-state index >= 15 is 0 Å². The van der Waals surface area contributed by atoms with Gasteiger partial charge >= 0.3 is 0 Å². The van der Waals surface area contributed by atoms with Gasteiger partial charge in [-0.15, -0.1) is 0 Å². The first-order chi connectivity index (χ1) is 14.4. The Kier molecular flexibility index (Phi) is 9.76. The first kappa shape index (κ1) is 24.3. The molecule has 162 valence electrons. The van der Waals surface area contributed by atoms with Gasteiger partial charge in [-0.25, -0.2) is 0 Å². The number of carbonyl (C=O) groups is 2. The molecule has 5 nitrogen and oxygen atoms in total. The number of nitrogens with zero attached hydrogens (tertiary/aromatic N) is 1. The summed E-state index contributed by atoms with van der Waals surface area (Å²) < 4.78 is 5.61. The Hall–Kier alpha value is -1.95. The van der Waals surface area contributed by atoms with Crippen molar-refractivity contribution in [3.63, 3.8) is 0 Å². The Balaban J connectivity index is 2.26. The molecule has 1 unspecified atom stereocenters. The molecule has 0 radical (unpaired) electrons. The summed E-state index contributed by atoms with van der Waals surface area (Å²) in [6.45, 7) is 4.19. The molecule has 0 aliphatic heterocycles. The molecule has 2 amide bonds. The Bertz CT molecular complexity index is 856. The van der Waals surface area contributed by atoms with Crippen molar-refractivity contribution in [2.24, 2.45) is 0 Å². The van der Waals surface area contributed by atoms with Crippen LogP contribution < -0.4 is 10.1 Å². The van der Waals surface area contributed by atoms with Gasteiger partial charge in [0, 0.05) is 33.7 Å². The lowest BCUT2D eigenvalue weighted by Gasteiger charge is -2.31. The molecule has 2 aromatic rings. The fraction of sp³-hybridized carbons (Fsp3) is 0.364. The van der Waals surface area contributed by atoms with Gasteiger partial charge in [0.15, 0.2) is 6.61 Å². The average molecular weight is 472 g/mol. The molecule has 0 spiro atoms. The van der Waals surface area contributed by atoms with Gasteiger partial charge in [-0.05, 0) is 43.2 Å². The normalized spacial score (nSPS) is 11.6. The van der Waals surface area contributed by atoms with Crippen LogP contribution in [0.15, 0.2) is 42.5 Å². The molecule has 8 heteroatoms. The Labute approximate surface area is 192 Å². The summed E-state index contributed by atoms with van der Waals surface area (Å²) in [5.74, 6) is -0.113. The van der Waals surface area contributed by atoms with E-state index in [1.807, 2.05) is 13.8 Å². The molecule has 0 aliphatic rings. The van der Waals surface area contributed by atoms with Crippen LogP contribution in [0.2, 0.25) is 15.1 Å². The summed E-state index contributed by atoms with van der Waals surface area (Å²) in [7, 11) is 0. The summed E-state index contributed by atoms with van der Waals surface area (Å²) >= 11 is 18.6. The number of halogens is 3. The standard InChI is InChI=1S/C22H25Cl3N2O3/c1-3-11-26-22(29)20(4-2)27(13-17-18(24)9-6-10-19(17)25)21(28)14-30-16-8-5-7-15(23)12-16/h5-10,12,20H,3-4,11,13-14H2,1-2H3,(H,26,29). The van der Waals surface area contributed by atoms with Crippen molar-refractivity contribution >= 4 is 46.6 Å². The highest BCUT2D eigenvalue weighted by Crippen LogP contribution is 2.27. The second-order valence-electron chi connectivity index (χ2n) is 6.68. The first-order valence-corrected chi connectivity index (χ1v) is 10.9. The number of benzene rings is 2. The van der Waals surface area contributed by atoms with Crippen LogP contribution in [0.4, 0.5) is 0 Å². The van der Waals surface area contributed by atoms with Gasteiger partial charge in [0.1, 0.15) is 11.8 Å². The number of carbonyl (C=O) groups excluding carboxylic acids is 2. The zero-order valence-corrected chi connectivity index (χ0v) is 19.2. The van der Waals surface area contributed by atoms with Crippen LogP contribution in [-0.4, -0.2) is 35.9 Å².